The highest BCUT2D eigenvalue weighted by Crippen LogP contribution is 2.26. The maximum absolute atomic E-state index is 14.4. The van der Waals surface area contributed by atoms with Crippen LogP contribution in [0.1, 0.15) is 36.7 Å². The molecule has 0 amide bonds. The molecule has 1 aliphatic heterocycles. The highest BCUT2D eigenvalue weighted by molar-refractivity contribution is 5.41. The fourth-order valence-corrected chi connectivity index (χ4v) is 3.03. The van der Waals surface area contributed by atoms with Crippen molar-refractivity contribution in [1.82, 2.24) is 19.9 Å². The molecule has 7 heteroatoms. The number of aromatic nitrogens is 4. The van der Waals surface area contributed by atoms with E-state index in [1.165, 1.54) is 12.7 Å². The second-order valence-corrected chi connectivity index (χ2v) is 6.44. The summed E-state index contributed by atoms with van der Waals surface area (Å²) < 4.78 is 20.3. The van der Waals surface area contributed by atoms with Gasteiger partial charge in [-0.1, -0.05) is 6.92 Å². The Morgan fingerprint density at radius 2 is 1.84 bits per heavy atom. The van der Waals surface area contributed by atoms with Crippen molar-refractivity contribution in [2.45, 2.75) is 40.0 Å². The van der Waals surface area contributed by atoms with E-state index in [9.17, 15) is 4.39 Å². The highest BCUT2D eigenvalue weighted by atomic mass is 19.1. The van der Waals surface area contributed by atoms with E-state index >= 15 is 0 Å². The first-order chi connectivity index (χ1) is 12.1. The van der Waals surface area contributed by atoms with Crippen LogP contribution >= 0.6 is 0 Å². The van der Waals surface area contributed by atoms with E-state index in [-0.39, 0.29) is 5.82 Å². The van der Waals surface area contributed by atoms with Crippen LogP contribution in [0.4, 0.5) is 10.2 Å². The third kappa shape index (κ3) is 3.86. The molecular formula is C18H24FN5O. The van der Waals surface area contributed by atoms with Gasteiger partial charge in [-0.15, -0.1) is 0 Å². The fraction of sp³-hybridized carbons (Fsp3) is 0.556. The SMILES string of the molecule is CCc1ncnc(N2CCC(COc3ncnc(C)c3C)CC2)c1F. The van der Waals surface area contributed by atoms with Crippen molar-refractivity contribution < 1.29 is 9.13 Å². The fourth-order valence-electron chi connectivity index (χ4n) is 3.03. The first kappa shape index (κ1) is 17.5. The summed E-state index contributed by atoms with van der Waals surface area (Å²) in [5, 5.41) is 0. The quantitative estimate of drug-likeness (QED) is 0.830. The van der Waals surface area contributed by atoms with Crippen molar-refractivity contribution >= 4 is 5.82 Å². The topological polar surface area (TPSA) is 64.0 Å². The van der Waals surface area contributed by atoms with Crippen molar-refractivity contribution in [2.24, 2.45) is 5.92 Å². The van der Waals surface area contributed by atoms with Crippen molar-refractivity contribution in [3.05, 3.63) is 35.4 Å². The van der Waals surface area contributed by atoms with Crippen LogP contribution in [0.25, 0.3) is 0 Å². The van der Waals surface area contributed by atoms with Crippen molar-refractivity contribution in [2.75, 3.05) is 24.6 Å². The standard InChI is InChI=1S/C18H24FN5O/c1-4-15-16(19)17(22-11-21-15)24-7-5-14(6-8-24)9-25-18-12(2)13(3)20-10-23-18/h10-11,14H,4-9H2,1-3H3. The molecule has 0 spiro atoms. The number of rotatable bonds is 5. The Morgan fingerprint density at radius 3 is 2.56 bits per heavy atom. The van der Waals surface area contributed by atoms with E-state index in [1.807, 2.05) is 25.7 Å². The minimum absolute atomic E-state index is 0.285. The maximum Gasteiger partial charge on any atom is 0.219 e. The van der Waals surface area contributed by atoms with E-state index in [0.717, 1.165) is 37.2 Å². The van der Waals surface area contributed by atoms with Gasteiger partial charge in [0.2, 0.25) is 5.88 Å². The average Bonchev–Trinajstić information content (AvgIpc) is 2.64. The zero-order valence-electron chi connectivity index (χ0n) is 15.0. The molecule has 25 heavy (non-hydrogen) atoms. The minimum Gasteiger partial charge on any atom is -0.477 e. The summed E-state index contributed by atoms with van der Waals surface area (Å²) in [5.74, 6) is 1.23. The smallest absolute Gasteiger partial charge is 0.219 e. The van der Waals surface area contributed by atoms with Crippen molar-refractivity contribution in [3.8, 4) is 5.88 Å². The Labute approximate surface area is 147 Å². The molecule has 1 aliphatic rings. The molecule has 2 aromatic heterocycles. The second-order valence-electron chi connectivity index (χ2n) is 6.44. The van der Waals surface area contributed by atoms with Gasteiger partial charge in [0.25, 0.3) is 0 Å². The summed E-state index contributed by atoms with van der Waals surface area (Å²) >= 11 is 0. The summed E-state index contributed by atoms with van der Waals surface area (Å²) in [5.41, 5.74) is 2.39. The zero-order valence-corrected chi connectivity index (χ0v) is 15.0. The van der Waals surface area contributed by atoms with Crippen LogP contribution in [0, 0.1) is 25.6 Å². The van der Waals surface area contributed by atoms with Gasteiger partial charge in [0.15, 0.2) is 11.6 Å². The van der Waals surface area contributed by atoms with Crippen LogP contribution in [0.2, 0.25) is 0 Å². The molecule has 1 saturated heterocycles. The van der Waals surface area contributed by atoms with E-state index < -0.39 is 0 Å². The van der Waals surface area contributed by atoms with Crippen LogP contribution in [-0.2, 0) is 6.42 Å². The van der Waals surface area contributed by atoms with Gasteiger partial charge in [-0.3, -0.25) is 0 Å². The molecule has 134 valence electrons. The molecule has 0 N–H and O–H groups in total. The number of anilines is 1. The third-order valence-corrected chi connectivity index (χ3v) is 4.84. The number of ether oxygens (including phenoxy) is 1. The molecule has 1 fully saturated rings. The number of hydrogen-bond acceptors (Lipinski definition) is 6. The van der Waals surface area contributed by atoms with Crippen molar-refractivity contribution in [3.63, 3.8) is 0 Å². The van der Waals surface area contributed by atoms with Gasteiger partial charge in [-0.2, -0.15) is 0 Å². The lowest BCUT2D eigenvalue weighted by atomic mass is 9.98. The normalized spacial score (nSPS) is 15.4. The Balaban J connectivity index is 1.56. The maximum atomic E-state index is 14.4. The summed E-state index contributed by atoms with van der Waals surface area (Å²) in [4.78, 5) is 18.5. The first-order valence-corrected chi connectivity index (χ1v) is 8.75. The monoisotopic (exact) mass is 345 g/mol. The van der Waals surface area contributed by atoms with Gasteiger partial charge in [0, 0.05) is 24.3 Å². The van der Waals surface area contributed by atoms with Crippen LogP contribution in [-0.4, -0.2) is 39.6 Å². The van der Waals surface area contributed by atoms with E-state index in [0.29, 0.717) is 36.3 Å². The largest absolute Gasteiger partial charge is 0.477 e. The molecule has 0 unspecified atom stereocenters. The summed E-state index contributed by atoms with van der Waals surface area (Å²) in [7, 11) is 0. The van der Waals surface area contributed by atoms with Gasteiger partial charge in [-0.05, 0) is 39.0 Å². The van der Waals surface area contributed by atoms with Gasteiger partial charge in [0.05, 0.1) is 12.3 Å². The third-order valence-electron chi connectivity index (χ3n) is 4.84. The Kier molecular flexibility index (Phi) is 5.40. The molecule has 0 radical (unpaired) electrons. The Hall–Kier alpha value is -2.31. The highest BCUT2D eigenvalue weighted by Gasteiger charge is 2.24. The van der Waals surface area contributed by atoms with E-state index in [2.05, 4.69) is 19.9 Å². The molecule has 0 aromatic carbocycles. The molecule has 0 atom stereocenters. The molecule has 0 saturated carbocycles. The number of aryl methyl sites for hydroxylation is 2. The summed E-state index contributed by atoms with van der Waals surface area (Å²) in [6, 6.07) is 0. The van der Waals surface area contributed by atoms with Gasteiger partial charge >= 0.3 is 0 Å². The lowest BCUT2D eigenvalue weighted by molar-refractivity contribution is 0.214. The Bertz CT molecular complexity index is 731. The molecular weight excluding hydrogens is 321 g/mol. The van der Waals surface area contributed by atoms with Gasteiger partial charge < -0.3 is 9.64 Å². The average molecular weight is 345 g/mol. The minimum atomic E-state index is -0.285. The molecule has 0 bridgehead atoms. The summed E-state index contributed by atoms with van der Waals surface area (Å²) in [6.45, 7) is 7.98. The van der Waals surface area contributed by atoms with Gasteiger partial charge in [0.1, 0.15) is 12.7 Å². The molecule has 6 nitrogen and oxygen atoms in total. The lowest BCUT2D eigenvalue weighted by Crippen LogP contribution is -2.36. The number of hydrogen-bond donors (Lipinski definition) is 0. The van der Waals surface area contributed by atoms with Crippen molar-refractivity contribution in [1.29, 1.82) is 0 Å². The van der Waals surface area contributed by atoms with E-state index in [1.54, 1.807) is 0 Å². The number of piperidine rings is 1. The van der Waals surface area contributed by atoms with Crippen LogP contribution in [0.15, 0.2) is 12.7 Å². The molecule has 3 heterocycles. The van der Waals surface area contributed by atoms with Crippen LogP contribution in [0.5, 0.6) is 5.88 Å². The first-order valence-electron chi connectivity index (χ1n) is 8.75. The number of nitrogens with zero attached hydrogens (tertiary/aromatic N) is 5. The van der Waals surface area contributed by atoms with Crippen LogP contribution in [0.3, 0.4) is 0 Å². The predicted molar refractivity (Wildman–Crippen MR) is 93.3 cm³/mol. The predicted octanol–water partition coefficient (Wildman–Crippen LogP) is 2.88. The summed E-state index contributed by atoms with van der Waals surface area (Å²) in [6.07, 6.45) is 5.43. The zero-order chi connectivity index (χ0) is 17.8. The van der Waals surface area contributed by atoms with E-state index in [4.69, 9.17) is 4.74 Å². The Morgan fingerprint density at radius 1 is 1.12 bits per heavy atom. The van der Waals surface area contributed by atoms with Gasteiger partial charge in [-0.25, -0.2) is 24.3 Å². The molecule has 0 aliphatic carbocycles. The molecule has 3 rings (SSSR count). The molecule has 2 aromatic rings. The number of halogens is 1. The van der Waals surface area contributed by atoms with Crippen LogP contribution < -0.4 is 9.64 Å². The second kappa shape index (κ2) is 7.72. The lowest BCUT2D eigenvalue weighted by Gasteiger charge is -2.32.